The minimum atomic E-state index is -0.143. The first-order chi connectivity index (χ1) is 8.60. The van der Waals surface area contributed by atoms with Crippen LogP contribution >= 0.6 is 11.6 Å². The number of amides is 1. The van der Waals surface area contributed by atoms with Gasteiger partial charge in [-0.1, -0.05) is 24.9 Å². The molecule has 2 heterocycles. The first-order valence-electron chi connectivity index (χ1n) is 6.05. The molecule has 2 rings (SSSR count). The molecular formula is C13H16ClN3O. The highest BCUT2D eigenvalue weighted by molar-refractivity contribution is 6.30. The lowest BCUT2D eigenvalue weighted by atomic mass is 10.2. The van der Waals surface area contributed by atoms with Gasteiger partial charge in [-0.25, -0.2) is 4.98 Å². The summed E-state index contributed by atoms with van der Waals surface area (Å²) in [6.07, 6.45) is 5.43. The molecule has 0 fully saturated rings. The van der Waals surface area contributed by atoms with Gasteiger partial charge in [-0.2, -0.15) is 0 Å². The molecule has 1 amide bonds. The second-order valence-electron chi connectivity index (χ2n) is 4.40. The zero-order valence-corrected chi connectivity index (χ0v) is 11.2. The molecule has 0 aliphatic rings. The maximum atomic E-state index is 12.0. The van der Waals surface area contributed by atoms with Gasteiger partial charge in [0.1, 0.15) is 11.3 Å². The van der Waals surface area contributed by atoms with E-state index in [9.17, 15) is 4.79 Å². The van der Waals surface area contributed by atoms with E-state index in [1.54, 1.807) is 28.9 Å². The van der Waals surface area contributed by atoms with Crippen molar-refractivity contribution in [2.45, 2.75) is 32.7 Å². The number of halogens is 1. The van der Waals surface area contributed by atoms with Crippen LogP contribution in [0.4, 0.5) is 0 Å². The monoisotopic (exact) mass is 265 g/mol. The molecule has 96 valence electrons. The molecule has 4 nitrogen and oxygen atoms in total. The Hall–Kier alpha value is -1.55. The van der Waals surface area contributed by atoms with Crippen molar-refractivity contribution in [3.63, 3.8) is 0 Å². The number of hydrogen-bond donors (Lipinski definition) is 1. The SMILES string of the molecule is CCCC(C)NC(=O)c1cn2cc(Cl)ccc2n1. The lowest BCUT2D eigenvalue weighted by Gasteiger charge is -2.10. The van der Waals surface area contributed by atoms with E-state index in [0.29, 0.717) is 16.4 Å². The van der Waals surface area contributed by atoms with Crippen LogP contribution in [-0.4, -0.2) is 21.3 Å². The van der Waals surface area contributed by atoms with Crippen LogP contribution in [0.25, 0.3) is 5.65 Å². The molecule has 5 heteroatoms. The summed E-state index contributed by atoms with van der Waals surface area (Å²) >= 11 is 5.88. The Kier molecular flexibility index (Phi) is 3.87. The van der Waals surface area contributed by atoms with Crippen molar-refractivity contribution >= 4 is 23.2 Å². The van der Waals surface area contributed by atoms with Gasteiger partial charge in [0, 0.05) is 18.4 Å². The zero-order chi connectivity index (χ0) is 13.1. The number of aromatic nitrogens is 2. The van der Waals surface area contributed by atoms with Gasteiger partial charge in [-0.05, 0) is 25.5 Å². The first kappa shape index (κ1) is 12.9. The van der Waals surface area contributed by atoms with E-state index < -0.39 is 0 Å². The molecule has 2 aromatic rings. The number of imidazole rings is 1. The van der Waals surface area contributed by atoms with E-state index in [1.807, 2.05) is 6.92 Å². The molecular weight excluding hydrogens is 250 g/mol. The fourth-order valence-corrected chi connectivity index (χ4v) is 2.05. The smallest absolute Gasteiger partial charge is 0.271 e. The summed E-state index contributed by atoms with van der Waals surface area (Å²) in [4.78, 5) is 16.2. The summed E-state index contributed by atoms with van der Waals surface area (Å²) in [6, 6.07) is 3.70. The largest absolute Gasteiger partial charge is 0.348 e. The van der Waals surface area contributed by atoms with Crippen LogP contribution in [0.5, 0.6) is 0 Å². The lowest BCUT2D eigenvalue weighted by Crippen LogP contribution is -2.32. The molecule has 0 aliphatic carbocycles. The van der Waals surface area contributed by atoms with E-state index in [4.69, 9.17) is 11.6 Å². The van der Waals surface area contributed by atoms with Crippen molar-refractivity contribution in [3.8, 4) is 0 Å². The number of pyridine rings is 1. The topological polar surface area (TPSA) is 46.4 Å². The van der Waals surface area contributed by atoms with Gasteiger partial charge < -0.3 is 9.72 Å². The van der Waals surface area contributed by atoms with Gasteiger partial charge in [-0.15, -0.1) is 0 Å². The number of carbonyl (C=O) groups is 1. The Bertz CT molecular complexity index is 564. The van der Waals surface area contributed by atoms with Gasteiger partial charge in [0.25, 0.3) is 5.91 Å². The second kappa shape index (κ2) is 5.40. The molecule has 0 spiro atoms. The van der Waals surface area contributed by atoms with Crippen molar-refractivity contribution in [1.29, 1.82) is 0 Å². The fraction of sp³-hybridized carbons (Fsp3) is 0.385. The third kappa shape index (κ3) is 2.82. The number of carbonyl (C=O) groups excluding carboxylic acids is 1. The quantitative estimate of drug-likeness (QED) is 0.924. The molecule has 0 saturated carbocycles. The van der Waals surface area contributed by atoms with Crippen LogP contribution in [0.1, 0.15) is 37.2 Å². The Balaban J connectivity index is 2.18. The number of fused-ring (bicyclic) bond motifs is 1. The van der Waals surface area contributed by atoms with E-state index in [1.165, 1.54) is 0 Å². The Morgan fingerprint density at radius 2 is 2.28 bits per heavy atom. The van der Waals surface area contributed by atoms with Crippen molar-refractivity contribution in [1.82, 2.24) is 14.7 Å². The standard InChI is InChI=1S/C13H16ClN3O/c1-3-4-9(2)15-13(18)11-8-17-7-10(14)5-6-12(17)16-11/h5-9H,3-4H2,1-2H3,(H,15,18). The summed E-state index contributed by atoms with van der Waals surface area (Å²) in [6.45, 7) is 4.09. The normalized spacial score (nSPS) is 12.6. The predicted octanol–water partition coefficient (Wildman–Crippen LogP) is 2.91. The minimum Gasteiger partial charge on any atom is -0.348 e. The van der Waals surface area contributed by atoms with Crippen LogP contribution < -0.4 is 5.32 Å². The van der Waals surface area contributed by atoms with Crippen LogP contribution in [0.15, 0.2) is 24.5 Å². The van der Waals surface area contributed by atoms with E-state index in [2.05, 4.69) is 17.2 Å². The molecule has 2 aromatic heterocycles. The summed E-state index contributed by atoms with van der Waals surface area (Å²) in [5.41, 5.74) is 1.13. The second-order valence-corrected chi connectivity index (χ2v) is 4.84. The maximum absolute atomic E-state index is 12.0. The van der Waals surface area contributed by atoms with Crippen molar-refractivity contribution in [3.05, 3.63) is 35.2 Å². The third-order valence-electron chi connectivity index (χ3n) is 2.75. The Morgan fingerprint density at radius 3 is 3.00 bits per heavy atom. The average Bonchev–Trinajstić information content (AvgIpc) is 2.72. The van der Waals surface area contributed by atoms with E-state index in [-0.39, 0.29) is 11.9 Å². The van der Waals surface area contributed by atoms with Crippen molar-refractivity contribution < 1.29 is 4.79 Å². The number of nitrogens with zero attached hydrogens (tertiary/aromatic N) is 2. The minimum absolute atomic E-state index is 0.143. The highest BCUT2D eigenvalue weighted by atomic mass is 35.5. The van der Waals surface area contributed by atoms with Crippen molar-refractivity contribution in [2.75, 3.05) is 0 Å². The number of nitrogens with one attached hydrogen (secondary N) is 1. The van der Waals surface area contributed by atoms with Crippen LogP contribution in [0, 0.1) is 0 Å². The van der Waals surface area contributed by atoms with Crippen LogP contribution in [0.2, 0.25) is 5.02 Å². The summed E-state index contributed by atoms with van der Waals surface area (Å²) in [7, 11) is 0. The van der Waals surface area contributed by atoms with Gasteiger partial charge in [0.15, 0.2) is 0 Å². The third-order valence-corrected chi connectivity index (χ3v) is 2.97. The summed E-state index contributed by atoms with van der Waals surface area (Å²) < 4.78 is 1.75. The molecule has 18 heavy (non-hydrogen) atoms. The predicted molar refractivity (Wildman–Crippen MR) is 72.0 cm³/mol. The van der Waals surface area contributed by atoms with Crippen molar-refractivity contribution in [2.24, 2.45) is 0 Å². The molecule has 1 N–H and O–H groups in total. The first-order valence-corrected chi connectivity index (χ1v) is 6.43. The summed E-state index contributed by atoms with van der Waals surface area (Å²) in [5.74, 6) is -0.143. The van der Waals surface area contributed by atoms with E-state index >= 15 is 0 Å². The fourth-order valence-electron chi connectivity index (χ4n) is 1.88. The highest BCUT2D eigenvalue weighted by Gasteiger charge is 2.12. The summed E-state index contributed by atoms with van der Waals surface area (Å²) in [5, 5.41) is 3.54. The van der Waals surface area contributed by atoms with Gasteiger partial charge in [-0.3, -0.25) is 4.79 Å². The molecule has 0 aliphatic heterocycles. The number of rotatable bonds is 4. The molecule has 1 unspecified atom stereocenters. The number of hydrogen-bond acceptors (Lipinski definition) is 2. The average molecular weight is 266 g/mol. The lowest BCUT2D eigenvalue weighted by molar-refractivity contribution is 0.0934. The van der Waals surface area contributed by atoms with Crippen LogP contribution in [0.3, 0.4) is 0 Å². The van der Waals surface area contributed by atoms with E-state index in [0.717, 1.165) is 12.8 Å². The van der Waals surface area contributed by atoms with Gasteiger partial charge in [0.05, 0.1) is 5.02 Å². The molecule has 1 atom stereocenters. The molecule has 0 aromatic carbocycles. The zero-order valence-electron chi connectivity index (χ0n) is 10.5. The Labute approximate surface area is 111 Å². The van der Waals surface area contributed by atoms with Crippen LogP contribution in [-0.2, 0) is 0 Å². The maximum Gasteiger partial charge on any atom is 0.271 e. The van der Waals surface area contributed by atoms with Gasteiger partial charge in [0.2, 0.25) is 0 Å². The molecule has 0 bridgehead atoms. The highest BCUT2D eigenvalue weighted by Crippen LogP contribution is 2.12. The Morgan fingerprint density at radius 1 is 1.50 bits per heavy atom. The molecule has 0 saturated heterocycles. The molecule has 0 radical (unpaired) electrons. The van der Waals surface area contributed by atoms with Gasteiger partial charge >= 0.3 is 0 Å².